The standard InChI is InChI=1S/C22H38N4O2/c1-5-22(27,6-2)17-25-21(23-7-3)24-16-19(26-14-10-11-15-26)18-12-8-9-13-20(18)28-4/h8-9,12-13,19,27H,5-7,10-11,14-17H2,1-4H3,(H2,23,24,25). The molecule has 1 aromatic carbocycles. The van der Waals surface area contributed by atoms with E-state index in [0.717, 1.165) is 37.9 Å². The van der Waals surface area contributed by atoms with Gasteiger partial charge in [-0.1, -0.05) is 32.0 Å². The molecule has 1 aliphatic rings. The third kappa shape index (κ3) is 6.11. The molecule has 0 aromatic heterocycles. The molecule has 1 heterocycles. The minimum Gasteiger partial charge on any atom is -0.496 e. The van der Waals surface area contributed by atoms with Crippen LogP contribution in [0.1, 0.15) is 58.1 Å². The Morgan fingerprint density at radius 1 is 1.18 bits per heavy atom. The highest BCUT2D eigenvalue weighted by Crippen LogP contribution is 2.31. The fraction of sp³-hybridized carbons (Fsp3) is 0.682. The lowest BCUT2D eigenvalue weighted by Crippen LogP contribution is -2.44. The number of nitrogens with zero attached hydrogens (tertiary/aromatic N) is 2. The topological polar surface area (TPSA) is 69.1 Å². The molecule has 0 aliphatic carbocycles. The van der Waals surface area contributed by atoms with Crippen LogP contribution in [0.5, 0.6) is 5.75 Å². The van der Waals surface area contributed by atoms with Gasteiger partial charge in [0.05, 0.1) is 25.3 Å². The van der Waals surface area contributed by atoms with E-state index in [1.54, 1.807) is 7.11 Å². The zero-order chi connectivity index (χ0) is 20.4. The smallest absolute Gasteiger partial charge is 0.191 e. The van der Waals surface area contributed by atoms with Gasteiger partial charge in [-0.15, -0.1) is 0 Å². The van der Waals surface area contributed by atoms with Crippen molar-refractivity contribution >= 4 is 5.96 Å². The van der Waals surface area contributed by atoms with Gasteiger partial charge in [0.2, 0.25) is 0 Å². The number of guanidine groups is 1. The van der Waals surface area contributed by atoms with Gasteiger partial charge in [-0.25, -0.2) is 0 Å². The molecule has 1 atom stereocenters. The first-order valence-corrected chi connectivity index (χ1v) is 10.7. The van der Waals surface area contributed by atoms with E-state index in [4.69, 9.17) is 4.74 Å². The molecule has 28 heavy (non-hydrogen) atoms. The molecule has 3 N–H and O–H groups in total. The molecule has 1 aromatic rings. The summed E-state index contributed by atoms with van der Waals surface area (Å²) in [7, 11) is 1.73. The Morgan fingerprint density at radius 2 is 1.86 bits per heavy atom. The van der Waals surface area contributed by atoms with Gasteiger partial charge >= 0.3 is 0 Å². The Labute approximate surface area is 170 Å². The number of aliphatic imine (C=N–C) groups is 1. The van der Waals surface area contributed by atoms with Crippen molar-refractivity contribution in [2.24, 2.45) is 4.99 Å². The normalized spacial score (nSPS) is 16.8. The lowest BCUT2D eigenvalue weighted by Gasteiger charge is -2.30. The Morgan fingerprint density at radius 3 is 2.46 bits per heavy atom. The first kappa shape index (κ1) is 22.5. The number of para-hydroxylation sites is 1. The van der Waals surface area contributed by atoms with Crippen LogP contribution in [0.3, 0.4) is 0 Å². The van der Waals surface area contributed by atoms with Crippen LogP contribution in [0.25, 0.3) is 0 Å². The van der Waals surface area contributed by atoms with E-state index in [1.807, 2.05) is 26.0 Å². The van der Waals surface area contributed by atoms with Crippen LogP contribution in [0.15, 0.2) is 29.3 Å². The zero-order valence-corrected chi connectivity index (χ0v) is 18.0. The van der Waals surface area contributed by atoms with E-state index in [1.165, 1.54) is 18.4 Å². The molecule has 0 amide bonds. The average Bonchev–Trinajstić information content (AvgIpc) is 3.26. The minimum absolute atomic E-state index is 0.221. The van der Waals surface area contributed by atoms with Gasteiger partial charge < -0.3 is 20.5 Å². The van der Waals surface area contributed by atoms with Crippen molar-refractivity contribution in [3.05, 3.63) is 29.8 Å². The van der Waals surface area contributed by atoms with Crippen LogP contribution in [-0.2, 0) is 0 Å². The van der Waals surface area contributed by atoms with Crippen LogP contribution < -0.4 is 15.4 Å². The summed E-state index contributed by atoms with van der Waals surface area (Å²) < 4.78 is 5.63. The summed E-state index contributed by atoms with van der Waals surface area (Å²) in [5.41, 5.74) is 0.466. The van der Waals surface area contributed by atoms with Crippen molar-refractivity contribution in [3.63, 3.8) is 0 Å². The number of ether oxygens (including phenoxy) is 1. The Bertz CT molecular complexity index is 610. The largest absolute Gasteiger partial charge is 0.496 e. The number of aliphatic hydroxyl groups is 1. The maximum atomic E-state index is 10.6. The van der Waals surface area contributed by atoms with E-state index >= 15 is 0 Å². The minimum atomic E-state index is -0.737. The molecular weight excluding hydrogens is 352 g/mol. The molecule has 0 saturated carbocycles. The SMILES string of the molecule is CCNC(=NCC(O)(CC)CC)NCC(c1ccccc1OC)N1CCCC1. The highest BCUT2D eigenvalue weighted by Gasteiger charge is 2.26. The molecule has 0 spiro atoms. The predicted molar refractivity (Wildman–Crippen MR) is 116 cm³/mol. The van der Waals surface area contributed by atoms with E-state index < -0.39 is 5.60 Å². The van der Waals surface area contributed by atoms with Gasteiger partial charge in [-0.3, -0.25) is 9.89 Å². The van der Waals surface area contributed by atoms with Gasteiger partial charge in [0.15, 0.2) is 5.96 Å². The third-order valence-electron chi connectivity index (χ3n) is 5.73. The number of hydrogen-bond acceptors (Lipinski definition) is 4. The summed E-state index contributed by atoms with van der Waals surface area (Å²) in [6.07, 6.45) is 3.87. The molecule has 1 fully saturated rings. The summed E-state index contributed by atoms with van der Waals surface area (Å²) in [4.78, 5) is 7.17. The molecule has 6 heteroatoms. The van der Waals surface area contributed by atoms with Crippen LogP contribution in [0.2, 0.25) is 0 Å². The van der Waals surface area contributed by atoms with Crippen LogP contribution >= 0.6 is 0 Å². The molecule has 158 valence electrons. The number of hydrogen-bond donors (Lipinski definition) is 3. The Kier molecular flexibility index (Phi) is 9.06. The maximum absolute atomic E-state index is 10.6. The lowest BCUT2D eigenvalue weighted by molar-refractivity contribution is 0.0418. The molecular formula is C22H38N4O2. The quantitative estimate of drug-likeness (QED) is 0.423. The van der Waals surface area contributed by atoms with Crippen molar-refractivity contribution < 1.29 is 9.84 Å². The Hall–Kier alpha value is -1.79. The molecule has 1 saturated heterocycles. The second-order valence-electron chi connectivity index (χ2n) is 7.51. The van der Waals surface area contributed by atoms with Crippen LogP contribution in [0.4, 0.5) is 0 Å². The van der Waals surface area contributed by atoms with E-state index in [0.29, 0.717) is 19.4 Å². The highest BCUT2D eigenvalue weighted by atomic mass is 16.5. The second-order valence-corrected chi connectivity index (χ2v) is 7.51. The van der Waals surface area contributed by atoms with Gasteiger partial charge in [-0.05, 0) is 51.8 Å². The number of benzene rings is 1. The number of likely N-dealkylation sites (tertiary alicyclic amines) is 1. The molecule has 0 bridgehead atoms. The van der Waals surface area contributed by atoms with Crippen LogP contribution in [-0.4, -0.2) is 61.4 Å². The number of rotatable bonds is 10. The van der Waals surface area contributed by atoms with Gasteiger partial charge in [0.1, 0.15) is 5.75 Å². The van der Waals surface area contributed by atoms with E-state index in [2.05, 4.69) is 39.6 Å². The predicted octanol–water partition coefficient (Wildman–Crippen LogP) is 2.94. The first-order chi connectivity index (χ1) is 13.6. The van der Waals surface area contributed by atoms with Crippen molar-refractivity contribution in [1.29, 1.82) is 0 Å². The fourth-order valence-electron chi connectivity index (χ4n) is 3.67. The monoisotopic (exact) mass is 390 g/mol. The van der Waals surface area contributed by atoms with Crippen LogP contribution in [0, 0.1) is 0 Å². The molecule has 0 radical (unpaired) electrons. The van der Waals surface area contributed by atoms with Gasteiger partial charge in [-0.2, -0.15) is 0 Å². The average molecular weight is 391 g/mol. The Balaban J connectivity index is 2.15. The van der Waals surface area contributed by atoms with Crippen molar-refractivity contribution in [3.8, 4) is 5.75 Å². The third-order valence-corrected chi connectivity index (χ3v) is 5.73. The summed E-state index contributed by atoms with van der Waals surface area (Å²) in [6, 6.07) is 8.49. The summed E-state index contributed by atoms with van der Waals surface area (Å²) >= 11 is 0. The maximum Gasteiger partial charge on any atom is 0.191 e. The van der Waals surface area contributed by atoms with Crippen molar-refractivity contribution in [2.45, 2.75) is 58.1 Å². The number of methoxy groups -OCH3 is 1. The zero-order valence-electron chi connectivity index (χ0n) is 18.0. The van der Waals surface area contributed by atoms with Gasteiger partial charge in [0.25, 0.3) is 0 Å². The van der Waals surface area contributed by atoms with E-state index in [-0.39, 0.29) is 6.04 Å². The lowest BCUT2D eigenvalue weighted by atomic mass is 9.98. The van der Waals surface area contributed by atoms with Crippen molar-refractivity contribution in [2.75, 3.05) is 39.8 Å². The van der Waals surface area contributed by atoms with Gasteiger partial charge in [0, 0.05) is 18.7 Å². The summed E-state index contributed by atoms with van der Waals surface area (Å²) in [5.74, 6) is 1.68. The summed E-state index contributed by atoms with van der Waals surface area (Å²) in [5, 5.41) is 17.4. The molecule has 1 unspecified atom stereocenters. The molecule has 1 aliphatic heterocycles. The molecule has 2 rings (SSSR count). The van der Waals surface area contributed by atoms with Crippen molar-refractivity contribution in [1.82, 2.24) is 15.5 Å². The highest BCUT2D eigenvalue weighted by molar-refractivity contribution is 5.79. The molecule has 6 nitrogen and oxygen atoms in total. The fourth-order valence-corrected chi connectivity index (χ4v) is 3.67. The number of nitrogens with one attached hydrogen (secondary N) is 2. The van der Waals surface area contributed by atoms with E-state index in [9.17, 15) is 5.11 Å². The first-order valence-electron chi connectivity index (χ1n) is 10.7. The second kappa shape index (κ2) is 11.3. The summed E-state index contributed by atoms with van der Waals surface area (Å²) in [6.45, 7) is 10.2.